The number of amides is 1. The van der Waals surface area contributed by atoms with Crippen LogP contribution in [0.2, 0.25) is 0 Å². The van der Waals surface area contributed by atoms with Crippen molar-refractivity contribution in [2.75, 3.05) is 6.54 Å². The van der Waals surface area contributed by atoms with Crippen LogP contribution in [0.25, 0.3) is 0 Å². The molecule has 1 heterocycles. The third-order valence-electron chi connectivity index (χ3n) is 2.20. The molecular weight excluding hydrogens is 210 g/mol. The monoisotopic (exact) mass is 229 g/mol. The van der Waals surface area contributed by atoms with Gasteiger partial charge in [-0.15, -0.1) is 0 Å². The molecule has 1 rings (SSSR count). The fraction of sp³-hybridized carbons (Fsp3) is 0.800. The van der Waals surface area contributed by atoms with Crippen LogP contribution in [0.4, 0.5) is 0 Å². The Kier molecular flexibility index (Phi) is 4.94. The molecule has 2 unspecified atom stereocenters. The number of nitrogens with one attached hydrogen (secondary N) is 1. The number of carbonyl (C=O) groups excluding carboxylic acids is 1. The van der Waals surface area contributed by atoms with Crippen molar-refractivity contribution in [2.45, 2.75) is 44.4 Å². The quantitative estimate of drug-likeness (QED) is 0.742. The molecule has 3 N–H and O–H groups in total. The molecule has 0 aromatic heterocycles. The minimum atomic E-state index is -0.274. The molecule has 1 aliphatic heterocycles. The fourth-order valence-electron chi connectivity index (χ4n) is 1.53. The minimum Gasteiger partial charge on any atom is -0.370 e. The van der Waals surface area contributed by atoms with Crippen molar-refractivity contribution < 1.29 is 4.79 Å². The summed E-state index contributed by atoms with van der Waals surface area (Å²) in [4.78, 5) is 15.1. The Morgan fingerprint density at radius 3 is 3.13 bits per heavy atom. The maximum atomic E-state index is 10.7. The van der Waals surface area contributed by atoms with Gasteiger partial charge in [0.2, 0.25) is 5.91 Å². The Hall–Kier alpha value is -0.710. The van der Waals surface area contributed by atoms with Gasteiger partial charge in [-0.05, 0) is 13.3 Å². The predicted molar refractivity (Wildman–Crippen MR) is 65.0 cm³/mol. The maximum absolute atomic E-state index is 10.7. The van der Waals surface area contributed by atoms with Gasteiger partial charge >= 0.3 is 0 Å². The van der Waals surface area contributed by atoms with Crippen LogP contribution in [0.1, 0.15) is 33.1 Å². The van der Waals surface area contributed by atoms with E-state index in [1.807, 2.05) is 6.92 Å². The van der Waals surface area contributed by atoms with Gasteiger partial charge in [0.25, 0.3) is 0 Å². The van der Waals surface area contributed by atoms with Gasteiger partial charge in [0.05, 0.1) is 6.54 Å². The van der Waals surface area contributed by atoms with Crippen LogP contribution in [0.15, 0.2) is 4.99 Å². The van der Waals surface area contributed by atoms with E-state index < -0.39 is 0 Å². The Balaban J connectivity index is 2.26. The molecule has 5 heteroatoms. The summed E-state index contributed by atoms with van der Waals surface area (Å²) in [6.07, 6.45) is 2.75. The summed E-state index contributed by atoms with van der Waals surface area (Å²) in [6, 6.07) is 0.0779. The number of primary amides is 1. The smallest absolute Gasteiger partial charge is 0.219 e. The van der Waals surface area contributed by atoms with Crippen molar-refractivity contribution in [3.63, 3.8) is 0 Å². The first-order chi connectivity index (χ1) is 7.11. The molecule has 0 radical (unpaired) electrons. The fourth-order valence-corrected chi connectivity index (χ4v) is 2.77. The number of nitrogens with two attached hydrogens (primary N) is 1. The van der Waals surface area contributed by atoms with Crippen LogP contribution in [0.3, 0.4) is 0 Å². The lowest BCUT2D eigenvalue weighted by atomic mass is 10.2. The van der Waals surface area contributed by atoms with Gasteiger partial charge in [-0.25, -0.2) is 0 Å². The van der Waals surface area contributed by atoms with Crippen molar-refractivity contribution in [2.24, 2.45) is 10.7 Å². The van der Waals surface area contributed by atoms with Crippen molar-refractivity contribution in [1.29, 1.82) is 0 Å². The average molecular weight is 229 g/mol. The van der Waals surface area contributed by atoms with E-state index in [0.717, 1.165) is 11.7 Å². The van der Waals surface area contributed by atoms with Crippen molar-refractivity contribution in [3.05, 3.63) is 0 Å². The van der Waals surface area contributed by atoms with Gasteiger partial charge in [0.1, 0.15) is 0 Å². The molecule has 15 heavy (non-hydrogen) atoms. The molecule has 0 aliphatic carbocycles. The van der Waals surface area contributed by atoms with Gasteiger partial charge < -0.3 is 11.1 Å². The first kappa shape index (κ1) is 12.4. The third kappa shape index (κ3) is 4.55. The normalized spacial score (nSPS) is 22.3. The highest BCUT2D eigenvalue weighted by Gasteiger charge is 2.20. The van der Waals surface area contributed by atoms with Gasteiger partial charge in [0.15, 0.2) is 5.17 Å². The van der Waals surface area contributed by atoms with Crippen LogP contribution in [-0.4, -0.2) is 28.9 Å². The summed E-state index contributed by atoms with van der Waals surface area (Å²) in [6.45, 7) is 5.02. The van der Waals surface area contributed by atoms with Crippen molar-refractivity contribution >= 4 is 22.8 Å². The second kappa shape index (κ2) is 6.00. The van der Waals surface area contributed by atoms with Gasteiger partial charge in [-0.2, -0.15) is 0 Å². The molecule has 4 nitrogen and oxygen atoms in total. The number of thioether (sulfide) groups is 1. The first-order valence-corrected chi connectivity index (χ1v) is 6.25. The lowest BCUT2D eigenvalue weighted by Gasteiger charge is -2.13. The molecule has 2 atom stereocenters. The lowest BCUT2D eigenvalue weighted by Crippen LogP contribution is -2.33. The molecule has 0 aromatic carbocycles. The Morgan fingerprint density at radius 1 is 1.80 bits per heavy atom. The number of hydrogen-bond donors (Lipinski definition) is 2. The van der Waals surface area contributed by atoms with E-state index in [-0.39, 0.29) is 11.9 Å². The summed E-state index contributed by atoms with van der Waals surface area (Å²) < 4.78 is 0. The predicted octanol–water partition coefficient (Wildman–Crippen LogP) is 1.11. The SMILES string of the molecule is CCCC1CN=C(NC(C)CC(N)=O)S1. The van der Waals surface area contributed by atoms with Crippen molar-refractivity contribution in [3.8, 4) is 0 Å². The number of rotatable bonds is 5. The maximum Gasteiger partial charge on any atom is 0.219 e. The van der Waals surface area contributed by atoms with Gasteiger partial charge in [0, 0.05) is 17.7 Å². The van der Waals surface area contributed by atoms with Crippen LogP contribution in [-0.2, 0) is 4.79 Å². The third-order valence-corrected chi connectivity index (χ3v) is 3.39. The largest absolute Gasteiger partial charge is 0.370 e. The van der Waals surface area contributed by atoms with E-state index in [9.17, 15) is 4.79 Å². The van der Waals surface area contributed by atoms with E-state index in [1.54, 1.807) is 11.8 Å². The Bertz CT molecular complexity index is 255. The summed E-state index contributed by atoms with van der Waals surface area (Å²) in [5.41, 5.74) is 5.12. The second-order valence-corrected chi connectivity index (χ2v) is 5.18. The minimum absolute atomic E-state index is 0.0779. The van der Waals surface area contributed by atoms with Gasteiger partial charge in [-0.3, -0.25) is 9.79 Å². The van der Waals surface area contributed by atoms with Crippen LogP contribution in [0.5, 0.6) is 0 Å². The topological polar surface area (TPSA) is 67.5 Å². The van der Waals surface area contributed by atoms with E-state index in [0.29, 0.717) is 11.7 Å². The summed E-state index contributed by atoms with van der Waals surface area (Å²) >= 11 is 1.78. The summed E-state index contributed by atoms with van der Waals surface area (Å²) in [5, 5.41) is 4.78. The molecule has 0 spiro atoms. The van der Waals surface area contributed by atoms with Crippen LogP contribution >= 0.6 is 11.8 Å². The number of hydrogen-bond acceptors (Lipinski definition) is 4. The highest BCUT2D eigenvalue weighted by Crippen LogP contribution is 2.23. The molecule has 0 bridgehead atoms. The number of aliphatic imine (C=N–C) groups is 1. The average Bonchev–Trinajstić information content (AvgIpc) is 2.51. The zero-order chi connectivity index (χ0) is 11.3. The molecule has 0 fully saturated rings. The molecule has 0 saturated carbocycles. The molecular formula is C10H19N3OS. The Labute approximate surface area is 95.1 Å². The first-order valence-electron chi connectivity index (χ1n) is 5.37. The van der Waals surface area contributed by atoms with E-state index in [2.05, 4.69) is 17.2 Å². The molecule has 0 saturated heterocycles. The molecule has 1 aliphatic rings. The zero-order valence-electron chi connectivity index (χ0n) is 9.32. The standard InChI is InChI=1S/C10H19N3OS/c1-3-4-8-6-12-10(15-8)13-7(2)5-9(11)14/h7-8H,3-6H2,1-2H3,(H2,11,14)(H,12,13). The van der Waals surface area contributed by atoms with E-state index >= 15 is 0 Å². The highest BCUT2D eigenvalue weighted by molar-refractivity contribution is 8.14. The summed E-state index contributed by atoms with van der Waals surface area (Å²) in [7, 11) is 0. The van der Waals surface area contributed by atoms with E-state index in [4.69, 9.17) is 5.73 Å². The number of carbonyl (C=O) groups is 1. The molecule has 1 amide bonds. The zero-order valence-corrected chi connectivity index (χ0v) is 10.1. The molecule has 0 aromatic rings. The van der Waals surface area contributed by atoms with E-state index in [1.165, 1.54) is 12.8 Å². The van der Waals surface area contributed by atoms with Gasteiger partial charge in [-0.1, -0.05) is 25.1 Å². The second-order valence-electron chi connectivity index (χ2n) is 3.89. The number of nitrogens with zero attached hydrogens (tertiary/aromatic N) is 1. The van der Waals surface area contributed by atoms with Crippen molar-refractivity contribution in [1.82, 2.24) is 5.32 Å². The van der Waals surface area contributed by atoms with Crippen LogP contribution < -0.4 is 11.1 Å². The van der Waals surface area contributed by atoms with Crippen LogP contribution in [0, 0.1) is 0 Å². The Morgan fingerprint density at radius 2 is 2.53 bits per heavy atom. The highest BCUT2D eigenvalue weighted by atomic mass is 32.2. The lowest BCUT2D eigenvalue weighted by molar-refractivity contribution is -0.118. The molecule has 86 valence electrons. The number of amidine groups is 1. The summed E-state index contributed by atoms with van der Waals surface area (Å²) in [5.74, 6) is -0.274.